The van der Waals surface area contributed by atoms with E-state index in [1.54, 1.807) is 0 Å². The molecule has 0 amide bonds. The van der Waals surface area contributed by atoms with Gasteiger partial charge >= 0.3 is 10.4 Å². The molecule has 0 aromatic rings. The van der Waals surface area contributed by atoms with Crippen LogP contribution in [0.2, 0.25) is 0 Å². The van der Waals surface area contributed by atoms with E-state index in [-0.39, 0.29) is 0 Å². The summed E-state index contributed by atoms with van der Waals surface area (Å²) in [7, 11) is -4.67. The SMILES string of the molecule is O=S(=O)(O)O.c1cc2ccc1-2. The Kier molecular flexibility index (Phi) is 1.95. The number of hydrogen-bond donors (Lipinski definition) is 2. The zero-order chi connectivity index (χ0) is 8.48. The van der Waals surface area contributed by atoms with Gasteiger partial charge in [-0.2, -0.15) is 8.42 Å². The molecule has 60 valence electrons. The van der Waals surface area contributed by atoms with Gasteiger partial charge in [0.15, 0.2) is 0 Å². The normalized spacial score (nSPS) is 11.5. The molecule has 11 heavy (non-hydrogen) atoms. The first kappa shape index (κ1) is 8.19. The summed E-state index contributed by atoms with van der Waals surface area (Å²) in [5.41, 5.74) is 2.85. The summed E-state index contributed by atoms with van der Waals surface area (Å²) < 4.78 is 31.6. The summed E-state index contributed by atoms with van der Waals surface area (Å²) in [5.74, 6) is 0. The predicted molar refractivity (Wildman–Crippen MR) is 39.6 cm³/mol. The summed E-state index contributed by atoms with van der Waals surface area (Å²) >= 11 is 0. The second-order valence-corrected chi connectivity index (χ2v) is 2.92. The number of benzene rings is 1. The van der Waals surface area contributed by atoms with Crippen molar-refractivity contribution in [3.05, 3.63) is 24.3 Å². The van der Waals surface area contributed by atoms with Gasteiger partial charge < -0.3 is 0 Å². The molecule has 0 atom stereocenters. The highest BCUT2D eigenvalue weighted by molar-refractivity contribution is 7.79. The van der Waals surface area contributed by atoms with Crippen molar-refractivity contribution in [2.75, 3.05) is 0 Å². The van der Waals surface area contributed by atoms with Crippen molar-refractivity contribution >= 4 is 10.4 Å². The Morgan fingerprint density at radius 3 is 1.09 bits per heavy atom. The van der Waals surface area contributed by atoms with E-state index in [2.05, 4.69) is 24.3 Å². The van der Waals surface area contributed by atoms with Gasteiger partial charge in [-0.25, -0.2) is 0 Å². The lowest BCUT2D eigenvalue weighted by Crippen LogP contribution is -1.89. The lowest BCUT2D eigenvalue weighted by atomic mass is 9.95. The highest BCUT2D eigenvalue weighted by Gasteiger charge is 2.03. The topological polar surface area (TPSA) is 74.6 Å². The molecule has 0 saturated heterocycles. The summed E-state index contributed by atoms with van der Waals surface area (Å²) in [6, 6.07) is 8.48. The smallest absolute Gasteiger partial charge is 0.264 e. The Balaban J connectivity index is 0.000000114. The first-order valence-corrected chi connectivity index (χ1v) is 4.17. The fraction of sp³-hybridized carbons (Fsp3) is 0. The third kappa shape index (κ3) is 2.67. The molecule has 0 heterocycles. The molecule has 0 aromatic heterocycles. The van der Waals surface area contributed by atoms with Crippen LogP contribution in [0, 0.1) is 0 Å². The second-order valence-electron chi connectivity index (χ2n) is 2.03. The van der Waals surface area contributed by atoms with E-state index in [0.717, 1.165) is 0 Å². The lowest BCUT2D eigenvalue weighted by molar-refractivity contribution is 0.381. The minimum Gasteiger partial charge on any atom is -0.264 e. The average Bonchev–Trinajstić information content (AvgIpc) is 1.74. The van der Waals surface area contributed by atoms with Crippen LogP contribution >= 0.6 is 0 Å². The van der Waals surface area contributed by atoms with Gasteiger partial charge in [-0.3, -0.25) is 9.11 Å². The molecule has 0 aromatic carbocycles. The Morgan fingerprint density at radius 2 is 1.09 bits per heavy atom. The summed E-state index contributed by atoms with van der Waals surface area (Å²) in [4.78, 5) is 0. The van der Waals surface area contributed by atoms with Gasteiger partial charge in [-0.15, -0.1) is 0 Å². The summed E-state index contributed by atoms with van der Waals surface area (Å²) in [6.45, 7) is 0. The maximum absolute atomic E-state index is 8.74. The molecule has 0 bridgehead atoms. The Hall–Kier alpha value is -0.910. The van der Waals surface area contributed by atoms with Crippen molar-refractivity contribution in [2.24, 2.45) is 0 Å². The van der Waals surface area contributed by atoms with E-state index in [4.69, 9.17) is 17.5 Å². The van der Waals surface area contributed by atoms with Crippen LogP contribution in [-0.4, -0.2) is 17.5 Å². The molecule has 0 spiro atoms. The van der Waals surface area contributed by atoms with Gasteiger partial charge in [0.05, 0.1) is 0 Å². The molecule has 0 radical (unpaired) electrons. The van der Waals surface area contributed by atoms with Crippen molar-refractivity contribution in [3.8, 4) is 11.1 Å². The maximum atomic E-state index is 8.74. The minimum absolute atomic E-state index is 1.43. The first-order valence-electron chi connectivity index (χ1n) is 2.77. The highest BCUT2D eigenvalue weighted by Crippen LogP contribution is 2.29. The van der Waals surface area contributed by atoms with Gasteiger partial charge in [0.1, 0.15) is 0 Å². The molecule has 4 nitrogen and oxygen atoms in total. The van der Waals surface area contributed by atoms with E-state index in [9.17, 15) is 0 Å². The fourth-order valence-electron chi connectivity index (χ4n) is 0.663. The maximum Gasteiger partial charge on any atom is 0.394 e. The second kappa shape index (κ2) is 2.61. The van der Waals surface area contributed by atoms with Gasteiger partial charge in [0.2, 0.25) is 0 Å². The van der Waals surface area contributed by atoms with Crippen LogP contribution < -0.4 is 0 Å². The van der Waals surface area contributed by atoms with Crippen molar-refractivity contribution in [3.63, 3.8) is 0 Å². The molecular weight excluding hydrogens is 168 g/mol. The van der Waals surface area contributed by atoms with Crippen LogP contribution in [-0.2, 0) is 10.4 Å². The van der Waals surface area contributed by atoms with Gasteiger partial charge in [-0.05, 0) is 11.1 Å². The number of rotatable bonds is 0. The molecular formula is C6H6O4S. The van der Waals surface area contributed by atoms with Crippen molar-refractivity contribution in [1.29, 1.82) is 0 Å². The van der Waals surface area contributed by atoms with Crippen LogP contribution in [0.3, 0.4) is 0 Å². The quantitative estimate of drug-likeness (QED) is 0.584. The minimum atomic E-state index is -4.67. The Bertz CT molecular complexity index is 308. The standard InChI is InChI=1S/C6H4.H2O4S/c1-2-6-4-3-5(1)6;1-5(2,3)4/h1-4H;(H2,1,2,3,4). The average molecular weight is 174 g/mol. The van der Waals surface area contributed by atoms with Gasteiger partial charge in [0, 0.05) is 0 Å². The molecule has 0 saturated carbocycles. The van der Waals surface area contributed by atoms with E-state index >= 15 is 0 Å². The van der Waals surface area contributed by atoms with Crippen LogP contribution in [0.5, 0.6) is 0 Å². The third-order valence-corrected chi connectivity index (χ3v) is 1.22. The lowest BCUT2D eigenvalue weighted by Gasteiger charge is -2.10. The molecule has 0 unspecified atom stereocenters. The predicted octanol–water partition coefficient (Wildman–Crippen LogP) is 1.01. The van der Waals surface area contributed by atoms with E-state index in [1.165, 1.54) is 11.1 Å². The molecule has 5 heteroatoms. The zero-order valence-electron chi connectivity index (χ0n) is 5.43. The molecule has 2 aliphatic carbocycles. The zero-order valence-corrected chi connectivity index (χ0v) is 6.25. The Labute approximate surface area is 64.1 Å². The number of fused-ring (bicyclic) bond motifs is 1. The van der Waals surface area contributed by atoms with E-state index in [0.29, 0.717) is 0 Å². The van der Waals surface area contributed by atoms with Crippen LogP contribution in [0.4, 0.5) is 0 Å². The fourth-order valence-corrected chi connectivity index (χ4v) is 0.663. The summed E-state index contributed by atoms with van der Waals surface area (Å²) in [5, 5.41) is 0. The van der Waals surface area contributed by atoms with Gasteiger partial charge in [0.25, 0.3) is 0 Å². The van der Waals surface area contributed by atoms with Crippen LogP contribution in [0.1, 0.15) is 0 Å². The van der Waals surface area contributed by atoms with Crippen molar-refractivity contribution in [2.45, 2.75) is 0 Å². The van der Waals surface area contributed by atoms with Crippen molar-refractivity contribution in [1.82, 2.24) is 0 Å². The number of hydrogen-bond acceptors (Lipinski definition) is 2. The monoisotopic (exact) mass is 174 g/mol. The van der Waals surface area contributed by atoms with E-state index in [1.807, 2.05) is 0 Å². The third-order valence-electron chi connectivity index (χ3n) is 1.22. The highest BCUT2D eigenvalue weighted by atomic mass is 32.3. The largest absolute Gasteiger partial charge is 0.394 e. The van der Waals surface area contributed by atoms with Gasteiger partial charge in [-0.1, -0.05) is 24.3 Å². The summed E-state index contributed by atoms with van der Waals surface area (Å²) in [6.07, 6.45) is 0. The van der Waals surface area contributed by atoms with Crippen LogP contribution in [0.15, 0.2) is 24.3 Å². The Morgan fingerprint density at radius 1 is 0.909 bits per heavy atom. The first-order chi connectivity index (χ1) is 4.97. The molecule has 0 fully saturated rings. The molecule has 0 aliphatic heterocycles. The molecule has 2 N–H and O–H groups in total. The molecule has 2 aliphatic rings. The van der Waals surface area contributed by atoms with Crippen LogP contribution in [0.25, 0.3) is 11.1 Å². The molecule has 2 rings (SSSR count). The van der Waals surface area contributed by atoms with Crippen molar-refractivity contribution < 1.29 is 17.5 Å². The van der Waals surface area contributed by atoms with E-state index < -0.39 is 10.4 Å².